The number of hydrogen-bond donors (Lipinski definition) is 2. The first-order valence-electron chi connectivity index (χ1n) is 8.98. The Morgan fingerprint density at radius 1 is 1.13 bits per heavy atom. The minimum Gasteiger partial charge on any atom is -0.356 e. The van der Waals surface area contributed by atoms with Crippen LogP contribution in [0.2, 0.25) is 0 Å². The smallest absolute Gasteiger partial charge is 0.191 e. The van der Waals surface area contributed by atoms with Crippen molar-refractivity contribution in [3.05, 3.63) is 35.9 Å². The molecule has 23 heavy (non-hydrogen) atoms. The van der Waals surface area contributed by atoms with E-state index in [1.165, 1.54) is 37.9 Å². The van der Waals surface area contributed by atoms with Crippen molar-refractivity contribution in [2.24, 2.45) is 4.99 Å². The molecule has 1 aromatic carbocycles. The SMILES string of the molecule is CCC(CNC(=NC)NCC(C)c1ccccc1)N1CCCC1. The third kappa shape index (κ3) is 5.54. The summed E-state index contributed by atoms with van der Waals surface area (Å²) in [6, 6.07) is 11.2. The van der Waals surface area contributed by atoms with E-state index in [9.17, 15) is 0 Å². The fourth-order valence-corrected chi connectivity index (χ4v) is 3.22. The van der Waals surface area contributed by atoms with E-state index in [1.807, 2.05) is 7.05 Å². The molecule has 4 nitrogen and oxygen atoms in total. The molecule has 1 fully saturated rings. The maximum absolute atomic E-state index is 4.36. The van der Waals surface area contributed by atoms with Crippen LogP contribution in [0.1, 0.15) is 44.6 Å². The Morgan fingerprint density at radius 3 is 2.39 bits per heavy atom. The summed E-state index contributed by atoms with van der Waals surface area (Å²) < 4.78 is 0. The number of aliphatic imine (C=N–C) groups is 1. The Bertz CT molecular complexity index is 466. The van der Waals surface area contributed by atoms with E-state index < -0.39 is 0 Å². The van der Waals surface area contributed by atoms with Gasteiger partial charge in [-0.25, -0.2) is 0 Å². The van der Waals surface area contributed by atoms with Gasteiger partial charge in [0, 0.05) is 26.2 Å². The van der Waals surface area contributed by atoms with Crippen LogP contribution in [-0.2, 0) is 0 Å². The number of likely N-dealkylation sites (tertiary alicyclic amines) is 1. The minimum absolute atomic E-state index is 0.468. The van der Waals surface area contributed by atoms with Crippen molar-refractivity contribution in [3.63, 3.8) is 0 Å². The van der Waals surface area contributed by atoms with Crippen LogP contribution in [0, 0.1) is 0 Å². The van der Waals surface area contributed by atoms with E-state index in [0.717, 1.165) is 19.0 Å². The Hall–Kier alpha value is -1.55. The van der Waals surface area contributed by atoms with Gasteiger partial charge in [-0.05, 0) is 43.8 Å². The van der Waals surface area contributed by atoms with E-state index in [4.69, 9.17) is 0 Å². The lowest BCUT2D eigenvalue weighted by molar-refractivity contribution is 0.236. The fraction of sp³-hybridized carbons (Fsp3) is 0.632. The number of guanidine groups is 1. The topological polar surface area (TPSA) is 39.7 Å². The predicted molar refractivity (Wildman–Crippen MR) is 99.1 cm³/mol. The Balaban J connectivity index is 1.76. The zero-order chi connectivity index (χ0) is 16.5. The molecule has 0 saturated carbocycles. The standard InChI is InChI=1S/C19H32N4/c1-4-18(23-12-8-9-13-23)15-22-19(20-3)21-14-16(2)17-10-6-5-7-11-17/h5-7,10-11,16,18H,4,8-9,12-15H2,1-3H3,(H2,20,21,22). The zero-order valence-electron chi connectivity index (χ0n) is 14.9. The van der Waals surface area contributed by atoms with Gasteiger partial charge in [0.05, 0.1) is 0 Å². The molecule has 4 heteroatoms. The summed E-state index contributed by atoms with van der Waals surface area (Å²) in [5.74, 6) is 1.38. The van der Waals surface area contributed by atoms with E-state index in [-0.39, 0.29) is 0 Å². The van der Waals surface area contributed by atoms with Crippen molar-refractivity contribution >= 4 is 5.96 Å². The van der Waals surface area contributed by atoms with Crippen LogP contribution in [0.3, 0.4) is 0 Å². The van der Waals surface area contributed by atoms with Gasteiger partial charge in [-0.2, -0.15) is 0 Å². The molecule has 0 spiro atoms. The van der Waals surface area contributed by atoms with Crippen LogP contribution < -0.4 is 10.6 Å². The van der Waals surface area contributed by atoms with Crippen LogP contribution in [0.5, 0.6) is 0 Å². The average molecular weight is 316 g/mol. The van der Waals surface area contributed by atoms with Crippen LogP contribution in [0.15, 0.2) is 35.3 Å². The van der Waals surface area contributed by atoms with Gasteiger partial charge in [-0.1, -0.05) is 44.2 Å². The van der Waals surface area contributed by atoms with E-state index in [2.05, 4.69) is 64.7 Å². The third-order valence-electron chi connectivity index (χ3n) is 4.80. The fourth-order valence-electron chi connectivity index (χ4n) is 3.22. The second-order valence-corrected chi connectivity index (χ2v) is 6.45. The van der Waals surface area contributed by atoms with Crippen molar-refractivity contribution in [2.75, 3.05) is 33.2 Å². The molecule has 2 unspecified atom stereocenters. The van der Waals surface area contributed by atoms with Crippen molar-refractivity contribution in [1.29, 1.82) is 0 Å². The van der Waals surface area contributed by atoms with E-state index >= 15 is 0 Å². The molecule has 1 saturated heterocycles. The van der Waals surface area contributed by atoms with E-state index in [0.29, 0.717) is 12.0 Å². The van der Waals surface area contributed by atoms with Gasteiger partial charge >= 0.3 is 0 Å². The van der Waals surface area contributed by atoms with Gasteiger partial charge in [0.2, 0.25) is 0 Å². The molecule has 2 rings (SSSR count). The molecule has 0 aliphatic carbocycles. The summed E-state index contributed by atoms with van der Waals surface area (Å²) in [7, 11) is 1.85. The van der Waals surface area contributed by atoms with Crippen molar-refractivity contribution < 1.29 is 0 Å². The predicted octanol–water partition coefficient (Wildman–Crippen LogP) is 2.83. The molecule has 0 bridgehead atoms. The normalized spacial score (nSPS) is 18.7. The second kappa shape index (κ2) is 9.56. The first kappa shape index (κ1) is 17.8. The highest BCUT2D eigenvalue weighted by molar-refractivity contribution is 5.79. The lowest BCUT2D eigenvalue weighted by Crippen LogP contribution is -2.46. The van der Waals surface area contributed by atoms with Gasteiger partial charge in [-0.3, -0.25) is 9.89 Å². The Morgan fingerprint density at radius 2 is 1.78 bits per heavy atom. The highest BCUT2D eigenvalue weighted by Gasteiger charge is 2.20. The Kier molecular flexibility index (Phi) is 7.40. The average Bonchev–Trinajstić information content (AvgIpc) is 3.13. The van der Waals surface area contributed by atoms with Gasteiger partial charge in [0.25, 0.3) is 0 Å². The molecule has 1 aliphatic rings. The van der Waals surface area contributed by atoms with Gasteiger partial charge in [0.15, 0.2) is 5.96 Å². The second-order valence-electron chi connectivity index (χ2n) is 6.45. The molecule has 2 N–H and O–H groups in total. The molecule has 0 amide bonds. The number of hydrogen-bond acceptors (Lipinski definition) is 2. The van der Waals surface area contributed by atoms with Crippen LogP contribution in [-0.4, -0.2) is 50.1 Å². The van der Waals surface area contributed by atoms with Gasteiger partial charge in [0.1, 0.15) is 0 Å². The first-order valence-corrected chi connectivity index (χ1v) is 8.98. The van der Waals surface area contributed by atoms with Crippen LogP contribution in [0.25, 0.3) is 0 Å². The van der Waals surface area contributed by atoms with Gasteiger partial charge in [-0.15, -0.1) is 0 Å². The maximum Gasteiger partial charge on any atom is 0.191 e. The quantitative estimate of drug-likeness (QED) is 0.600. The summed E-state index contributed by atoms with van der Waals surface area (Å²) in [4.78, 5) is 6.97. The van der Waals surface area contributed by atoms with E-state index in [1.54, 1.807) is 0 Å². The highest BCUT2D eigenvalue weighted by atomic mass is 15.2. The maximum atomic E-state index is 4.36. The van der Waals surface area contributed by atoms with Crippen LogP contribution >= 0.6 is 0 Å². The molecule has 0 radical (unpaired) electrons. The van der Waals surface area contributed by atoms with Crippen molar-refractivity contribution in [2.45, 2.75) is 45.1 Å². The summed E-state index contributed by atoms with van der Waals surface area (Å²) in [6.45, 7) is 8.88. The molecule has 1 aromatic rings. The monoisotopic (exact) mass is 316 g/mol. The molecule has 1 heterocycles. The van der Waals surface area contributed by atoms with Crippen molar-refractivity contribution in [1.82, 2.24) is 15.5 Å². The first-order chi connectivity index (χ1) is 11.2. The molecular weight excluding hydrogens is 284 g/mol. The summed E-state index contributed by atoms with van der Waals surface area (Å²) in [6.07, 6.45) is 3.88. The molecular formula is C19H32N4. The highest BCUT2D eigenvalue weighted by Crippen LogP contribution is 2.14. The Labute approximate surface area is 141 Å². The third-order valence-corrected chi connectivity index (χ3v) is 4.80. The minimum atomic E-state index is 0.468. The summed E-state index contributed by atoms with van der Waals surface area (Å²) in [5.41, 5.74) is 1.36. The number of nitrogens with one attached hydrogen (secondary N) is 2. The number of benzene rings is 1. The van der Waals surface area contributed by atoms with Crippen LogP contribution in [0.4, 0.5) is 0 Å². The summed E-state index contributed by atoms with van der Waals surface area (Å²) in [5, 5.41) is 6.96. The summed E-state index contributed by atoms with van der Waals surface area (Å²) >= 11 is 0. The lowest BCUT2D eigenvalue weighted by atomic mass is 10.0. The molecule has 0 aromatic heterocycles. The largest absolute Gasteiger partial charge is 0.356 e. The number of nitrogens with zero attached hydrogens (tertiary/aromatic N) is 2. The zero-order valence-corrected chi connectivity index (χ0v) is 14.9. The number of rotatable bonds is 7. The van der Waals surface area contributed by atoms with Crippen molar-refractivity contribution in [3.8, 4) is 0 Å². The molecule has 2 atom stereocenters. The molecule has 128 valence electrons. The molecule has 1 aliphatic heterocycles. The van der Waals surface area contributed by atoms with Gasteiger partial charge < -0.3 is 10.6 Å². The lowest BCUT2D eigenvalue weighted by Gasteiger charge is -2.27.